The molecule has 5 rings (SSSR count). The Bertz CT molecular complexity index is 1260. The average Bonchev–Trinajstić information content (AvgIpc) is 3.48. The standard InChI is InChI=1S/C21H17N5O4S/c1-2-11-6-8-16(31-11)13-10-25(24-23-13)14-5-3-4-12-18(14)21(30)26(20(12)29)15-7-9-17(27)22-19(15)28/h3-6,8,10,15H,2,7,9H2,1H3,(H,22,27,28). The van der Waals surface area contributed by atoms with Gasteiger partial charge in [-0.25, -0.2) is 4.68 Å². The van der Waals surface area contributed by atoms with Gasteiger partial charge in [-0.05, 0) is 37.1 Å². The van der Waals surface area contributed by atoms with Gasteiger partial charge in [-0.15, -0.1) is 16.4 Å². The van der Waals surface area contributed by atoms with Gasteiger partial charge in [0.15, 0.2) is 0 Å². The van der Waals surface area contributed by atoms with E-state index in [1.807, 2.05) is 12.1 Å². The predicted molar refractivity (Wildman–Crippen MR) is 111 cm³/mol. The predicted octanol–water partition coefficient (Wildman–Crippen LogP) is 1.96. The molecule has 0 bridgehead atoms. The summed E-state index contributed by atoms with van der Waals surface area (Å²) in [4.78, 5) is 53.1. The molecule has 4 heterocycles. The zero-order valence-electron chi connectivity index (χ0n) is 16.5. The second-order valence-corrected chi connectivity index (χ2v) is 8.48. The number of hydrogen-bond acceptors (Lipinski definition) is 7. The molecule has 3 aromatic rings. The summed E-state index contributed by atoms with van der Waals surface area (Å²) in [5, 5.41) is 10.6. The molecule has 9 nitrogen and oxygen atoms in total. The number of thiophene rings is 1. The molecule has 0 saturated carbocycles. The number of nitrogens with zero attached hydrogens (tertiary/aromatic N) is 4. The van der Waals surface area contributed by atoms with Crippen molar-refractivity contribution in [1.29, 1.82) is 0 Å². The molecule has 1 atom stereocenters. The van der Waals surface area contributed by atoms with Gasteiger partial charge in [0.05, 0.1) is 27.9 Å². The Morgan fingerprint density at radius 1 is 1.13 bits per heavy atom. The zero-order valence-corrected chi connectivity index (χ0v) is 17.3. The monoisotopic (exact) mass is 435 g/mol. The summed E-state index contributed by atoms with van der Waals surface area (Å²) in [6, 6.07) is 7.90. The number of carbonyl (C=O) groups excluding carboxylic acids is 4. The molecule has 0 aliphatic carbocycles. The Morgan fingerprint density at radius 3 is 2.71 bits per heavy atom. The van der Waals surface area contributed by atoms with E-state index in [1.54, 1.807) is 35.7 Å². The van der Waals surface area contributed by atoms with Gasteiger partial charge in [0.2, 0.25) is 11.8 Å². The lowest BCUT2D eigenvalue weighted by atomic mass is 10.0. The van der Waals surface area contributed by atoms with Crippen LogP contribution in [0.15, 0.2) is 36.5 Å². The van der Waals surface area contributed by atoms with Gasteiger partial charge in [-0.1, -0.05) is 18.2 Å². The van der Waals surface area contributed by atoms with Crippen molar-refractivity contribution in [2.75, 3.05) is 0 Å². The Balaban J connectivity index is 1.52. The van der Waals surface area contributed by atoms with Gasteiger partial charge >= 0.3 is 0 Å². The lowest BCUT2D eigenvalue weighted by molar-refractivity contribution is -0.136. The first-order valence-corrected chi connectivity index (χ1v) is 10.7. The van der Waals surface area contributed by atoms with Crippen LogP contribution < -0.4 is 5.32 Å². The third kappa shape index (κ3) is 3.07. The number of aromatic nitrogens is 3. The van der Waals surface area contributed by atoms with Gasteiger partial charge in [0.25, 0.3) is 11.8 Å². The Hall–Kier alpha value is -3.66. The van der Waals surface area contributed by atoms with Crippen molar-refractivity contribution < 1.29 is 19.2 Å². The number of benzene rings is 1. The molecule has 31 heavy (non-hydrogen) atoms. The number of hydrogen-bond donors (Lipinski definition) is 1. The normalized spacial score (nSPS) is 18.5. The minimum atomic E-state index is -1.01. The summed E-state index contributed by atoms with van der Waals surface area (Å²) in [7, 11) is 0. The van der Waals surface area contributed by atoms with Crippen LogP contribution in [0.3, 0.4) is 0 Å². The number of imide groups is 2. The van der Waals surface area contributed by atoms with E-state index in [0.717, 1.165) is 16.2 Å². The highest BCUT2D eigenvalue weighted by Gasteiger charge is 2.45. The molecular formula is C21H17N5O4S. The summed E-state index contributed by atoms with van der Waals surface area (Å²) >= 11 is 1.62. The van der Waals surface area contributed by atoms with Crippen LogP contribution >= 0.6 is 11.3 Å². The first kappa shape index (κ1) is 19.3. The van der Waals surface area contributed by atoms with Gasteiger partial charge in [-0.3, -0.25) is 29.4 Å². The molecule has 0 radical (unpaired) electrons. The molecule has 10 heteroatoms. The Morgan fingerprint density at radius 2 is 1.97 bits per heavy atom. The molecule has 4 amide bonds. The molecule has 156 valence electrons. The smallest absolute Gasteiger partial charge is 0.264 e. The highest BCUT2D eigenvalue weighted by atomic mass is 32.1. The van der Waals surface area contributed by atoms with E-state index in [9.17, 15) is 19.2 Å². The van der Waals surface area contributed by atoms with E-state index in [1.165, 1.54) is 9.56 Å². The van der Waals surface area contributed by atoms with Crippen molar-refractivity contribution in [2.24, 2.45) is 0 Å². The van der Waals surface area contributed by atoms with Gasteiger partial charge in [0, 0.05) is 11.3 Å². The fourth-order valence-electron chi connectivity index (χ4n) is 3.89. The van der Waals surface area contributed by atoms with Crippen molar-refractivity contribution >= 4 is 35.0 Å². The maximum atomic E-state index is 13.2. The van der Waals surface area contributed by atoms with E-state index in [4.69, 9.17) is 0 Å². The number of fused-ring (bicyclic) bond motifs is 1. The molecule has 1 N–H and O–H groups in total. The fraction of sp³-hybridized carbons (Fsp3) is 0.238. The summed E-state index contributed by atoms with van der Waals surface area (Å²) in [5.74, 6) is -2.18. The average molecular weight is 435 g/mol. The van der Waals surface area contributed by atoms with E-state index in [2.05, 4.69) is 22.6 Å². The van der Waals surface area contributed by atoms with E-state index < -0.39 is 29.7 Å². The number of aryl methyl sites for hydroxylation is 1. The van der Waals surface area contributed by atoms with E-state index in [-0.39, 0.29) is 24.0 Å². The van der Waals surface area contributed by atoms with Crippen LogP contribution in [0, 0.1) is 0 Å². The van der Waals surface area contributed by atoms with Crippen LogP contribution in [-0.4, -0.2) is 49.6 Å². The largest absolute Gasteiger partial charge is 0.295 e. The SMILES string of the molecule is CCc1ccc(-c2cn(-c3cccc4c3C(=O)N(C3CCC(=O)NC3=O)C4=O)nn2)s1. The van der Waals surface area contributed by atoms with Crippen LogP contribution in [0.1, 0.15) is 45.4 Å². The number of piperidine rings is 1. The molecule has 2 aromatic heterocycles. The first-order valence-electron chi connectivity index (χ1n) is 9.84. The summed E-state index contributed by atoms with van der Waals surface area (Å²) < 4.78 is 1.47. The number of amides is 4. The second kappa shape index (κ2) is 7.24. The molecule has 2 aliphatic rings. The van der Waals surface area contributed by atoms with E-state index >= 15 is 0 Å². The second-order valence-electron chi connectivity index (χ2n) is 7.31. The van der Waals surface area contributed by atoms with Crippen molar-refractivity contribution in [3.8, 4) is 16.3 Å². The first-order chi connectivity index (χ1) is 15.0. The molecule has 0 spiro atoms. The molecule has 1 aromatic carbocycles. The summed E-state index contributed by atoms with van der Waals surface area (Å²) in [6.07, 6.45) is 2.83. The Labute approximate surface area is 180 Å². The highest BCUT2D eigenvalue weighted by molar-refractivity contribution is 7.15. The highest BCUT2D eigenvalue weighted by Crippen LogP contribution is 2.32. The van der Waals surface area contributed by atoms with Gasteiger partial charge < -0.3 is 0 Å². The number of rotatable bonds is 4. The topological polar surface area (TPSA) is 114 Å². The minimum Gasteiger partial charge on any atom is -0.295 e. The summed E-state index contributed by atoms with van der Waals surface area (Å²) in [5.41, 5.74) is 1.46. The van der Waals surface area contributed by atoms with Crippen LogP contribution in [0.5, 0.6) is 0 Å². The maximum Gasteiger partial charge on any atom is 0.264 e. The van der Waals surface area contributed by atoms with Crippen LogP contribution in [-0.2, 0) is 16.0 Å². The number of carbonyl (C=O) groups is 4. The minimum absolute atomic E-state index is 0.0731. The van der Waals surface area contributed by atoms with Crippen LogP contribution in [0.2, 0.25) is 0 Å². The third-order valence-electron chi connectivity index (χ3n) is 5.45. The van der Waals surface area contributed by atoms with Gasteiger partial charge in [-0.2, -0.15) is 0 Å². The number of nitrogens with one attached hydrogen (secondary N) is 1. The fourth-order valence-corrected chi connectivity index (χ4v) is 4.79. The molecule has 1 unspecified atom stereocenters. The molecule has 1 fully saturated rings. The molecule has 1 saturated heterocycles. The maximum absolute atomic E-state index is 13.2. The molecule has 2 aliphatic heterocycles. The van der Waals surface area contributed by atoms with Gasteiger partial charge in [0.1, 0.15) is 11.7 Å². The Kier molecular flexibility index (Phi) is 4.51. The van der Waals surface area contributed by atoms with Crippen molar-refractivity contribution in [3.05, 3.63) is 52.5 Å². The zero-order chi connectivity index (χ0) is 21.7. The third-order valence-corrected chi connectivity index (χ3v) is 6.70. The van der Waals surface area contributed by atoms with Crippen molar-refractivity contribution in [3.63, 3.8) is 0 Å². The molecular weight excluding hydrogens is 418 g/mol. The lowest BCUT2D eigenvalue weighted by Gasteiger charge is -2.27. The van der Waals surface area contributed by atoms with Crippen LogP contribution in [0.4, 0.5) is 0 Å². The lowest BCUT2D eigenvalue weighted by Crippen LogP contribution is -2.54. The quantitative estimate of drug-likeness (QED) is 0.627. The van der Waals surface area contributed by atoms with Crippen molar-refractivity contribution in [1.82, 2.24) is 25.2 Å². The summed E-state index contributed by atoms with van der Waals surface area (Å²) in [6.45, 7) is 2.08. The van der Waals surface area contributed by atoms with E-state index in [0.29, 0.717) is 11.4 Å². The van der Waals surface area contributed by atoms with Crippen molar-refractivity contribution in [2.45, 2.75) is 32.2 Å². The van der Waals surface area contributed by atoms with Crippen LogP contribution in [0.25, 0.3) is 16.3 Å².